The molecule has 0 aliphatic rings. The van der Waals surface area contributed by atoms with Gasteiger partial charge in [-0.15, -0.1) is 0 Å². The molecule has 2 aromatic heterocycles. The van der Waals surface area contributed by atoms with E-state index in [9.17, 15) is 0 Å². The van der Waals surface area contributed by atoms with Crippen LogP contribution in [0.5, 0.6) is 0 Å². The molecule has 7 heteroatoms. The number of nitrogens with zero attached hydrogens (tertiary/aromatic N) is 4. The average Bonchev–Trinajstić information content (AvgIpc) is 3.00. The third-order valence-corrected chi connectivity index (χ3v) is 2.56. The maximum absolute atomic E-state index is 5.75. The molecule has 0 spiro atoms. The van der Waals surface area contributed by atoms with Crippen LogP contribution in [0.2, 0.25) is 0 Å². The fraction of sp³-hybridized carbons (Fsp3) is 0.0909. The molecule has 3 N–H and O–H groups in total. The summed E-state index contributed by atoms with van der Waals surface area (Å²) in [5, 5.41) is 13.9. The molecule has 0 fully saturated rings. The number of nitrogen functional groups attached to an aromatic ring is 1. The second kappa shape index (κ2) is 3.95. The van der Waals surface area contributed by atoms with Crippen molar-refractivity contribution in [3.8, 4) is 23.0 Å². The number of aryl methyl sites for hydroxylation is 1. The van der Waals surface area contributed by atoms with E-state index >= 15 is 0 Å². The molecule has 0 radical (unpaired) electrons. The summed E-state index contributed by atoms with van der Waals surface area (Å²) in [5.74, 6) is 0.804. The van der Waals surface area contributed by atoms with E-state index in [4.69, 9.17) is 10.3 Å². The van der Waals surface area contributed by atoms with Crippen molar-refractivity contribution in [1.29, 1.82) is 0 Å². The molecule has 0 aliphatic heterocycles. The highest BCUT2D eigenvalue weighted by molar-refractivity contribution is 5.65. The minimum absolute atomic E-state index is 0.389. The van der Waals surface area contributed by atoms with Crippen LogP contribution in [0.15, 0.2) is 28.9 Å². The lowest BCUT2D eigenvalue weighted by molar-refractivity contribution is 0.432. The molecule has 0 saturated carbocycles. The fourth-order valence-electron chi connectivity index (χ4n) is 1.62. The Morgan fingerprint density at radius 3 is 3.00 bits per heavy atom. The quantitative estimate of drug-likeness (QED) is 0.658. The molecule has 0 unspecified atom stereocenters. The summed E-state index contributed by atoms with van der Waals surface area (Å²) in [4.78, 5) is 4.27. The molecule has 0 aliphatic carbocycles. The molecule has 18 heavy (non-hydrogen) atoms. The van der Waals surface area contributed by atoms with Crippen LogP contribution >= 0.6 is 0 Å². The molecule has 2 heterocycles. The van der Waals surface area contributed by atoms with Gasteiger partial charge in [0.05, 0.1) is 6.20 Å². The molecule has 7 nitrogen and oxygen atoms in total. The number of rotatable bonds is 2. The van der Waals surface area contributed by atoms with Gasteiger partial charge < -0.3 is 10.3 Å². The van der Waals surface area contributed by atoms with Crippen LogP contribution in [0.4, 0.5) is 5.69 Å². The zero-order valence-electron chi connectivity index (χ0n) is 9.58. The van der Waals surface area contributed by atoms with Crippen LogP contribution in [0.3, 0.4) is 0 Å². The first-order valence-corrected chi connectivity index (χ1v) is 5.30. The first-order chi connectivity index (χ1) is 8.74. The highest BCUT2D eigenvalue weighted by Crippen LogP contribution is 2.25. The van der Waals surface area contributed by atoms with Gasteiger partial charge in [-0.25, -0.2) is 0 Å². The Kier molecular flexibility index (Phi) is 2.30. The lowest BCUT2D eigenvalue weighted by atomic mass is 10.1. The maximum Gasteiger partial charge on any atom is 0.258 e. The van der Waals surface area contributed by atoms with Gasteiger partial charge in [0.25, 0.3) is 5.89 Å². The minimum Gasteiger partial charge on any atom is -0.399 e. The van der Waals surface area contributed by atoms with Crippen molar-refractivity contribution in [3.63, 3.8) is 0 Å². The van der Waals surface area contributed by atoms with Crippen molar-refractivity contribution in [3.05, 3.63) is 30.0 Å². The summed E-state index contributed by atoms with van der Waals surface area (Å²) < 4.78 is 5.21. The Bertz CT molecular complexity index is 673. The summed E-state index contributed by atoms with van der Waals surface area (Å²) in [6.07, 6.45) is 1.53. The zero-order chi connectivity index (χ0) is 12.5. The number of anilines is 1. The summed E-state index contributed by atoms with van der Waals surface area (Å²) in [6, 6.07) is 5.54. The third-order valence-electron chi connectivity index (χ3n) is 2.56. The van der Waals surface area contributed by atoms with Gasteiger partial charge in [0, 0.05) is 11.3 Å². The number of aromatic amines is 1. The second-order valence-electron chi connectivity index (χ2n) is 3.85. The van der Waals surface area contributed by atoms with E-state index in [-0.39, 0.29) is 0 Å². The van der Waals surface area contributed by atoms with E-state index in [1.807, 2.05) is 19.1 Å². The van der Waals surface area contributed by atoms with Gasteiger partial charge in [0.2, 0.25) is 5.82 Å². The predicted octanol–water partition coefficient (Wildman–Crippen LogP) is 1.41. The van der Waals surface area contributed by atoms with Gasteiger partial charge in [-0.05, 0) is 24.6 Å². The van der Waals surface area contributed by atoms with Crippen molar-refractivity contribution in [2.45, 2.75) is 6.92 Å². The number of nitrogens with two attached hydrogens (primary N) is 1. The van der Waals surface area contributed by atoms with Gasteiger partial charge in [-0.1, -0.05) is 11.2 Å². The summed E-state index contributed by atoms with van der Waals surface area (Å²) in [5.41, 5.74) is 8.76. The first kappa shape index (κ1) is 10.5. The lowest BCUT2D eigenvalue weighted by Gasteiger charge is -2.01. The van der Waals surface area contributed by atoms with Crippen LogP contribution in [0, 0.1) is 6.92 Å². The molecular formula is C11H10N6O. The van der Waals surface area contributed by atoms with Gasteiger partial charge in [-0.3, -0.25) is 0 Å². The second-order valence-corrected chi connectivity index (χ2v) is 3.85. The Morgan fingerprint density at radius 1 is 1.33 bits per heavy atom. The van der Waals surface area contributed by atoms with E-state index in [0.29, 0.717) is 23.1 Å². The van der Waals surface area contributed by atoms with E-state index < -0.39 is 0 Å². The molecule has 0 atom stereocenters. The molecular weight excluding hydrogens is 232 g/mol. The Balaban J connectivity index is 2.05. The van der Waals surface area contributed by atoms with Gasteiger partial charge in [0.15, 0.2) is 5.69 Å². The predicted molar refractivity (Wildman–Crippen MR) is 64.3 cm³/mol. The Morgan fingerprint density at radius 2 is 2.22 bits per heavy atom. The number of hydrogen-bond donors (Lipinski definition) is 2. The molecule has 90 valence electrons. The van der Waals surface area contributed by atoms with Crippen molar-refractivity contribution in [2.75, 3.05) is 5.73 Å². The van der Waals surface area contributed by atoms with E-state index in [2.05, 4.69) is 25.6 Å². The van der Waals surface area contributed by atoms with Crippen LogP contribution in [0.25, 0.3) is 23.0 Å². The van der Waals surface area contributed by atoms with Crippen molar-refractivity contribution in [2.24, 2.45) is 0 Å². The summed E-state index contributed by atoms with van der Waals surface area (Å²) >= 11 is 0. The molecule has 3 rings (SSSR count). The number of hydrogen-bond acceptors (Lipinski definition) is 6. The average molecular weight is 242 g/mol. The van der Waals surface area contributed by atoms with Gasteiger partial charge in [0.1, 0.15) is 0 Å². The number of benzene rings is 1. The summed E-state index contributed by atoms with van der Waals surface area (Å²) in [6.45, 7) is 1.95. The van der Waals surface area contributed by atoms with Crippen molar-refractivity contribution in [1.82, 2.24) is 25.6 Å². The molecule has 0 amide bonds. The van der Waals surface area contributed by atoms with Crippen molar-refractivity contribution >= 4 is 5.69 Å². The van der Waals surface area contributed by atoms with Crippen LogP contribution in [0.1, 0.15) is 5.56 Å². The minimum atomic E-state index is 0.389. The number of H-pyrrole nitrogens is 1. The maximum atomic E-state index is 5.75. The Hall–Kier alpha value is -2.70. The number of aromatic nitrogens is 5. The molecule has 0 bridgehead atoms. The first-order valence-electron chi connectivity index (χ1n) is 5.30. The summed E-state index contributed by atoms with van der Waals surface area (Å²) in [7, 11) is 0. The lowest BCUT2D eigenvalue weighted by Crippen LogP contribution is -1.89. The van der Waals surface area contributed by atoms with Crippen LogP contribution in [-0.2, 0) is 0 Å². The van der Waals surface area contributed by atoms with Gasteiger partial charge >= 0.3 is 0 Å². The molecule has 0 saturated heterocycles. The topological polar surface area (TPSA) is 107 Å². The third kappa shape index (κ3) is 1.71. The van der Waals surface area contributed by atoms with E-state index in [1.165, 1.54) is 6.20 Å². The van der Waals surface area contributed by atoms with Crippen LogP contribution < -0.4 is 5.73 Å². The SMILES string of the molecule is Cc1ccc(N)cc1-c1nc(-c2cn[nH]n2)no1. The normalized spacial score (nSPS) is 10.7. The van der Waals surface area contributed by atoms with E-state index in [1.54, 1.807) is 6.07 Å². The highest BCUT2D eigenvalue weighted by Gasteiger charge is 2.14. The largest absolute Gasteiger partial charge is 0.399 e. The smallest absolute Gasteiger partial charge is 0.258 e. The number of nitrogens with one attached hydrogen (secondary N) is 1. The van der Waals surface area contributed by atoms with Gasteiger partial charge in [-0.2, -0.15) is 20.4 Å². The van der Waals surface area contributed by atoms with Crippen molar-refractivity contribution < 1.29 is 4.52 Å². The zero-order valence-corrected chi connectivity index (χ0v) is 9.58. The monoisotopic (exact) mass is 242 g/mol. The van der Waals surface area contributed by atoms with E-state index in [0.717, 1.165) is 11.1 Å². The Labute approximate surface area is 102 Å². The molecule has 1 aromatic carbocycles. The molecule has 3 aromatic rings. The van der Waals surface area contributed by atoms with Crippen LogP contribution in [-0.4, -0.2) is 25.6 Å². The fourth-order valence-corrected chi connectivity index (χ4v) is 1.62. The standard InChI is InChI=1S/C11H10N6O/c1-6-2-3-7(12)4-8(6)11-14-10(16-18-11)9-5-13-17-15-9/h2-5H,12H2,1H3,(H,13,15,17). The highest BCUT2D eigenvalue weighted by atomic mass is 16.5.